The molecule has 1 aromatic heterocycles. The molecule has 0 bridgehead atoms. The Hall–Kier alpha value is -3.74. The number of fused-ring (bicyclic) bond motifs is 1. The summed E-state index contributed by atoms with van der Waals surface area (Å²) in [5, 5.41) is 2.97. The molecule has 3 aromatic rings. The lowest BCUT2D eigenvalue weighted by Gasteiger charge is -2.39. The van der Waals surface area contributed by atoms with Crippen LogP contribution in [-0.2, 0) is 22.4 Å². The van der Waals surface area contributed by atoms with Crippen molar-refractivity contribution in [3.8, 4) is 5.75 Å². The molecule has 1 fully saturated rings. The minimum absolute atomic E-state index is 0.0492. The number of hydrogen-bond acceptors (Lipinski definition) is 4. The van der Waals surface area contributed by atoms with E-state index in [0.717, 1.165) is 54.5 Å². The molecule has 2 aliphatic rings. The summed E-state index contributed by atoms with van der Waals surface area (Å²) in [6.07, 6.45) is 7.03. The molecular formula is C32H36FN3O3. The van der Waals surface area contributed by atoms with E-state index >= 15 is 0 Å². The second-order valence-corrected chi connectivity index (χ2v) is 10.5. The molecule has 204 valence electrons. The molecule has 1 aliphatic heterocycles. The third-order valence-corrected chi connectivity index (χ3v) is 7.87. The van der Waals surface area contributed by atoms with Crippen LogP contribution in [0.15, 0.2) is 66.9 Å². The SMILES string of the molecule is CC[C@H](Oc1ccc2c(c1)[C@H](c1ccc(F)cc1)N(C(=O)C1CCCC1)CC2)C(=O)NCCc1ccccn1. The largest absolute Gasteiger partial charge is 0.481 e. The number of ether oxygens (including phenoxy) is 1. The Balaban J connectivity index is 1.35. The molecule has 0 radical (unpaired) electrons. The van der Waals surface area contributed by atoms with Crippen LogP contribution in [0.1, 0.15) is 67.5 Å². The second-order valence-electron chi connectivity index (χ2n) is 10.5. The number of rotatable bonds is 9. The summed E-state index contributed by atoms with van der Waals surface area (Å²) in [5.74, 6) is 0.341. The molecule has 2 atom stereocenters. The Labute approximate surface area is 229 Å². The van der Waals surface area contributed by atoms with Crippen LogP contribution >= 0.6 is 0 Å². The molecule has 0 unspecified atom stereocenters. The third-order valence-electron chi connectivity index (χ3n) is 7.87. The zero-order valence-electron chi connectivity index (χ0n) is 22.4. The van der Waals surface area contributed by atoms with Crippen LogP contribution in [0, 0.1) is 11.7 Å². The fourth-order valence-electron chi connectivity index (χ4n) is 5.78. The van der Waals surface area contributed by atoms with Crippen LogP contribution in [0.4, 0.5) is 4.39 Å². The topological polar surface area (TPSA) is 71.5 Å². The lowest BCUT2D eigenvalue weighted by atomic mass is 9.87. The maximum absolute atomic E-state index is 13.8. The first-order valence-corrected chi connectivity index (χ1v) is 14.1. The van der Waals surface area contributed by atoms with E-state index < -0.39 is 6.10 Å². The van der Waals surface area contributed by atoms with Crippen molar-refractivity contribution in [2.24, 2.45) is 5.92 Å². The number of pyridine rings is 1. The van der Waals surface area contributed by atoms with Crippen LogP contribution in [0.2, 0.25) is 0 Å². The molecule has 0 saturated heterocycles. The molecule has 1 aliphatic carbocycles. The van der Waals surface area contributed by atoms with Crippen LogP contribution in [0.3, 0.4) is 0 Å². The van der Waals surface area contributed by atoms with Gasteiger partial charge >= 0.3 is 0 Å². The van der Waals surface area contributed by atoms with E-state index in [1.807, 2.05) is 48.2 Å². The van der Waals surface area contributed by atoms with E-state index in [9.17, 15) is 14.0 Å². The van der Waals surface area contributed by atoms with Gasteiger partial charge in [-0.1, -0.05) is 44.0 Å². The number of carbonyl (C=O) groups is 2. The number of hydrogen-bond donors (Lipinski definition) is 1. The van der Waals surface area contributed by atoms with Gasteiger partial charge in [-0.15, -0.1) is 0 Å². The first-order chi connectivity index (χ1) is 19.0. The predicted molar refractivity (Wildman–Crippen MR) is 148 cm³/mol. The normalized spacial score (nSPS) is 17.9. The van der Waals surface area contributed by atoms with Crippen molar-refractivity contribution in [1.29, 1.82) is 0 Å². The molecule has 7 heteroatoms. The Bertz CT molecular complexity index is 1280. The lowest BCUT2D eigenvalue weighted by Crippen LogP contribution is -2.43. The number of nitrogens with zero attached hydrogens (tertiary/aromatic N) is 2. The standard InChI is InChI=1S/C32H36FN3O3/c1-2-29(31(37)35-19-16-26-9-5-6-18-34-26)39-27-15-12-22-17-20-36(32(38)24-7-3-4-8-24)30(28(22)21-27)23-10-13-25(33)14-11-23/h5-6,9-15,18,21,24,29-30H,2-4,7-8,16-17,19-20H2,1H3,(H,35,37)/t29-,30-/m0/s1. The molecule has 1 N–H and O–H groups in total. The average molecular weight is 530 g/mol. The minimum atomic E-state index is -0.643. The monoisotopic (exact) mass is 529 g/mol. The maximum Gasteiger partial charge on any atom is 0.261 e. The molecule has 2 amide bonds. The summed E-state index contributed by atoms with van der Waals surface area (Å²) in [6.45, 7) is 3.02. The number of nitrogens with one attached hydrogen (secondary N) is 1. The van der Waals surface area contributed by atoms with Gasteiger partial charge in [0.1, 0.15) is 11.6 Å². The van der Waals surface area contributed by atoms with Gasteiger partial charge in [-0.3, -0.25) is 14.6 Å². The minimum Gasteiger partial charge on any atom is -0.481 e. The molecular weight excluding hydrogens is 493 g/mol. The van der Waals surface area contributed by atoms with E-state index in [-0.39, 0.29) is 29.6 Å². The van der Waals surface area contributed by atoms with Crippen molar-refractivity contribution in [1.82, 2.24) is 15.2 Å². The van der Waals surface area contributed by atoms with Gasteiger partial charge in [-0.05, 0) is 78.8 Å². The highest BCUT2D eigenvalue weighted by atomic mass is 19.1. The van der Waals surface area contributed by atoms with E-state index in [2.05, 4.69) is 10.3 Å². The van der Waals surface area contributed by atoms with Crippen molar-refractivity contribution in [2.45, 2.75) is 64.0 Å². The van der Waals surface area contributed by atoms with Crippen LogP contribution in [0.5, 0.6) is 5.75 Å². The summed E-state index contributed by atoms with van der Waals surface area (Å²) in [4.78, 5) is 32.8. The number of aromatic nitrogens is 1. The maximum atomic E-state index is 13.8. The first kappa shape index (κ1) is 26.9. The first-order valence-electron chi connectivity index (χ1n) is 14.1. The van der Waals surface area contributed by atoms with Gasteiger partial charge < -0.3 is 15.0 Å². The highest BCUT2D eigenvalue weighted by Crippen LogP contribution is 2.40. The molecule has 39 heavy (non-hydrogen) atoms. The summed E-state index contributed by atoms with van der Waals surface area (Å²) in [5.41, 5.74) is 3.91. The highest BCUT2D eigenvalue weighted by Gasteiger charge is 2.36. The number of benzene rings is 2. The van der Waals surface area contributed by atoms with Crippen molar-refractivity contribution < 1.29 is 18.7 Å². The van der Waals surface area contributed by atoms with Gasteiger partial charge in [-0.25, -0.2) is 4.39 Å². The average Bonchev–Trinajstić information content (AvgIpc) is 3.51. The summed E-state index contributed by atoms with van der Waals surface area (Å²) in [6, 6.07) is 17.7. The molecule has 5 rings (SSSR count). The summed E-state index contributed by atoms with van der Waals surface area (Å²) in [7, 11) is 0. The Morgan fingerprint density at radius 3 is 2.62 bits per heavy atom. The van der Waals surface area contributed by atoms with E-state index in [4.69, 9.17) is 4.74 Å². The Kier molecular flexibility index (Phi) is 8.54. The number of carbonyl (C=O) groups excluding carboxylic acids is 2. The van der Waals surface area contributed by atoms with Gasteiger partial charge in [0.25, 0.3) is 5.91 Å². The molecule has 2 heterocycles. The van der Waals surface area contributed by atoms with Gasteiger partial charge in [0.2, 0.25) is 5.91 Å². The van der Waals surface area contributed by atoms with Crippen molar-refractivity contribution >= 4 is 11.8 Å². The second kappa shape index (κ2) is 12.4. The van der Waals surface area contributed by atoms with Gasteiger partial charge in [0, 0.05) is 37.3 Å². The Morgan fingerprint density at radius 2 is 1.90 bits per heavy atom. The highest BCUT2D eigenvalue weighted by molar-refractivity contribution is 5.81. The lowest BCUT2D eigenvalue weighted by molar-refractivity contribution is -0.137. The molecule has 6 nitrogen and oxygen atoms in total. The number of halogens is 1. The van der Waals surface area contributed by atoms with Crippen LogP contribution in [0.25, 0.3) is 0 Å². The summed E-state index contributed by atoms with van der Waals surface area (Å²) < 4.78 is 20.0. The molecule has 0 spiro atoms. The Morgan fingerprint density at radius 1 is 1.10 bits per heavy atom. The zero-order valence-corrected chi connectivity index (χ0v) is 22.4. The van der Waals surface area contributed by atoms with E-state index in [0.29, 0.717) is 31.7 Å². The van der Waals surface area contributed by atoms with Crippen molar-refractivity contribution in [2.75, 3.05) is 13.1 Å². The number of amides is 2. The van der Waals surface area contributed by atoms with Crippen molar-refractivity contribution in [3.63, 3.8) is 0 Å². The fourth-order valence-corrected chi connectivity index (χ4v) is 5.78. The van der Waals surface area contributed by atoms with Gasteiger partial charge in [0.05, 0.1) is 6.04 Å². The van der Waals surface area contributed by atoms with Gasteiger partial charge in [0.15, 0.2) is 6.10 Å². The van der Waals surface area contributed by atoms with Crippen LogP contribution in [-0.4, -0.2) is 40.9 Å². The molecule has 2 aromatic carbocycles. The van der Waals surface area contributed by atoms with Crippen LogP contribution < -0.4 is 10.1 Å². The quantitative estimate of drug-likeness (QED) is 0.403. The third kappa shape index (κ3) is 6.29. The summed E-state index contributed by atoms with van der Waals surface area (Å²) >= 11 is 0. The smallest absolute Gasteiger partial charge is 0.261 e. The molecule has 1 saturated carbocycles. The van der Waals surface area contributed by atoms with E-state index in [1.54, 1.807) is 18.3 Å². The predicted octanol–water partition coefficient (Wildman–Crippen LogP) is 5.40. The zero-order chi connectivity index (χ0) is 27.2. The van der Waals surface area contributed by atoms with E-state index in [1.165, 1.54) is 12.1 Å². The van der Waals surface area contributed by atoms with Crippen molar-refractivity contribution in [3.05, 3.63) is 95.1 Å². The fraction of sp³-hybridized carbons (Fsp3) is 0.406. The van der Waals surface area contributed by atoms with Gasteiger partial charge in [-0.2, -0.15) is 0 Å².